The number of nitrogens with one attached hydrogen (secondary N) is 1. The van der Waals surface area contributed by atoms with Gasteiger partial charge in [0.15, 0.2) is 0 Å². The van der Waals surface area contributed by atoms with Gasteiger partial charge in [-0.05, 0) is 29.2 Å². The van der Waals surface area contributed by atoms with Crippen LogP contribution in [0.3, 0.4) is 0 Å². The molecule has 4 nitrogen and oxygen atoms in total. The molecule has 0 aromatic heterocycles. The van der Waals surface area contributed by atoms with Gasteiger partial charge < -0.3 is 15.0 Å². The second kappa shape index (κ2) is 8.16. The van der Waals surface area contributed by atoms with Crippen LogP contribution in [0.2, 0.25) is 0 Å². The quantitative estimate of drug-likeness (QED) is 0.648. The van der Waals surface area contributed by atoms with Gasteiger partial charge in [-0.15, -0.1) is 0 Å². The first-order valence-corrected chi connectivity index (χ1v) is 9.60. The van der Waals surface area contributed by atoms with Crippen LogP contribution in [0.25, 0.3) is 0 Å². The Morgan fingerprint density at radius 3 is 2.40 bits per heavy atom. The molecule has 0 saturated heterocycles. The molecular weight excluding hydrogens is 400 g/mol. The maximum Gasteiger partial charge on any atom is 0.418 e. The highest BCUT2D eigenvalue weighted by molar-refractivity contribution is 5.93. The number of fused-ring (bicyclic) bond motifs is 1. The lowest BCUT2D eigenvalue weighted by Gasteiger charge is -2.32. The molecule has 1 aliphatic rings. The number of benzene rings is 2. The zero-order valence-electron chi connectivity index (χ0n) is 17.1. The van der Waals surface area contributed by atoms with E-state index >= 15 is 0 Å². The molecule has 162 valence electrons. The lowest BCUT2D eigenvalue weighted by Crippen LogP contribution is -2.33. The Kier molecular flexibility index (Phi) is 5.97. The fraction of sp³-hybridized carbons (Fsp3) is 0.409. The Labute approximate surface area is 172 Å². The predicted molar refractivity (Wildman–Crippen MR) is 107 cm³/mol. The van der Waals surface area contributed by atoms with Gasteiger partial charge in [0.1, 0.15) is 18.2 Å². The minimum absolute atomic E-state index is 0.0823. The van der Waals surface area contributed by atoms with Crippen LogP contribution >= 0.6 is 0 Å². The number of halogens is 4. The smallest absolute Gasteiger partial charge is 0.418 e. The summed E-state index contributed by atoms with van der Waals surface area (Å²) in [6, 6.07) is 8.05. The van der Waals surface area contributed by atoms with Gasteiger partial charge in [0.2, 0.25) is 5.91 Å². The topological polar surface area (TPSA) is 41.6 Å². The summed E-state index contributed by atoms with van der Waals surface area (Å²) < 4.78 is 60.0. The van der Waals surface area contributed by atoms with E-state index in [0.29, 0.717) is 13.1 Å². The summed E-state index contributed by atoms with van der Waals surface area (Å²) in [5.74, 6) is -0.606. The molecule has 1 N–H and O–H groups in total. The third-order valence-electron chi connectivity index (χ3n) is 4.62. The molecule has 0 spiro atoms. The third kappa shape index (κ3) is 5.43. The van der Waals surface area contributed by atoms with Crippen molar-refractivity contribution in [3.05, 3.63) is 53.3 Å². The van der Waals surface area contributed by atoms with E-state index in [2.05, 4.69) is 5.32 Å². The highest BCUT2D eigenvalue weighted by atomic mass is 19.4. The summed E-state index contributed by atoms with van der Waals surface area (Å²) in [6.07, 6.45) is -4.57. The maximum absolute atomic E-state index is 13.8. The molecule has 0 bridgehead atoms. The van der Waals surface area contributed by atoms with Crippen molar-refractivity contribution in [1.29, 1.82) is 0 Å². The molecule has 30 heavy (non-hydrogen) atoms. The average molecular weight is 424 g/mol. The van der Waals surface area contributed by atoms with E-state index in [1.807, 2.05) is 20.8 Å². The fourth-order valence-corrected chi connectivity index (χ4v) is 3.31. The van der Waals surface area contributed by atoms with Crippen molar-refractivity contribution in [1.82, 2.24) is 0 Å². The molecule has 1 heterocycles. The van der Waals surface area contributed by atoms with Crippen LogP contribution in [0.1, 0.15) is 38.3 Å². The van der Waals surface area contributed by atoms with Gasteiger partial charge in [0, 0.05) is 19.0 Å². The number of anilines is 2. The normalized spacial score (nSPS) is 14.2. The molecule has 3 rings (SSSR count). The molecular formula is C22H24F4N2O2. The molecule has 2 aromatic carbocycles. The first-order valence-electron chi connectivity index (χ1n) is 9.60. The Hall–Kier alpha value is -2.77. The molecule has 0 atom stereocenters. The molecule has 0 unspecified atom stereocenters. The second-order valence-corrected chi connectivity index (χ2v) is 8.55. The molecule has 0 aliphatic carbocycles. The SMILES string of the molecule is CC(C)(C)CC(=O)Nc1cc2c(cc1C(F)(F)F)N(Cc1ccc(F)cc1)CCO2. The summed E-state index contributed by atoms with van der Waals surface area (Å²) >= 11 is 0. The minimum Gasteiger partial charge on any atom is -0.489 e. The van der Waals surface area contributed by atoms with Gasteiger partial charge in [-0.2, -0.15) is 13.2 Å². The number of carbonyl (C=O) groups is 1. The predicted octanol–water partition coefficient (Wildman–Crippen LogP) is 5.62. The summed E-state index contributed by atoms with van der Waals surface area (Å²) in [4.78, 5) is 14.0. The van der Waals surface area contributed by atoms with Crippen molar-refractivity contribution >= 4 is 17.3 Å². The second-order valence-electron chi connectivity index (χ2n) is 8.55. The van der Waals surface area contributed by atoms with Crippen molar-refractivity contribution in [2.24, 2.45) is 5.41 Å². The number of hydrogen-bond acceptors (Lipinski definition) is 3. The van der Waals surface area contributed by atoms with Gasteiger partial charge in [-0.3, -0.25) is 4.79 Å². The molecule has 0 saturated carbocycles. The Balaban J connectivity index is 1.94. The summed E-state index contributed by atoms with van der Waals surface area (Å²) in [7, 11) is 0. The average Bonchev–Trinajstić information content (AvgIpc) is 2.60. The van der Waals surface area contributed by atoms with Gasteiger partial charge in [-0.1, -0.05) is 32.9 Å². The zero-order valence-corrected chi connectivity index (χ0v) is 17.1. The number of nitrogens with zero attached hydrogens (tertiary/aromatic N) is 1. The molecule has 8 heteroatoms. The van der Waals surface area contributed by atoms with Crippen molar-refractivity contribution in [2.75, 3.05) is 23.4 Å². The highest BCUT2D eigenvalue weighted by Crippen LogP contribution is 2.43. The number of rotatable bonds is 4. The van der Waals surface area contributed by atoms with Crippen LogP contribution in [-0.2, 0) is 17.5 Å². The molecule has 1 amide bonds. The molecule has 0 fully saturated rings. The highest BCUT2D eigenvalue weighted by Gasteiger charge is 2.36. The maximum atomic E-state index is 13.8. The molecule has 2 aromatic rings. The standard InChI is InChI=1S/C22H24F4N2O2/c1-21(2,3)12-20(29)27-17-11-19-18(10-16(17)22(24,25)26)28(8-9-30-19)13-14-4-6-15(23)7-5-14/h4-7,10-11H,8-9,12-13H2,1-3H3,(H,27,29). The minimum atomic E-state index is -4.65. The van der Waals surface area contributed by atoms with Crippen LogP contribution < -0.4 is 15.0 Å². The van der Waals surface area contributed by atoms with Crippen molar-refractivity contribution in [3.63, 3.8) is 0 Å². The lowest BCUT2D eigenvalue weighted by atomic mass is 9.92. The largest absolute Gasteiger partial charge is 0.489 e. The van der Waals surface area contributed by atoms with Crippen LogP contribution in [-0.4, -0.2) is 19.1 Å². The summed E-state index contributed by atoms with van der Waals surface area (Å²) in [5.41, 5.74) is -0.566. The van der Waals surface area contributed by atoms with E-state index in [-0.39, 0.29) is 41.4 Å². The lowest BCUT2D eigenvalue weighted by molar-refractivity contribution is -0.137. The van der Waals surface area contributed by atoms with E-state index in [1.54, 1.807) is 17.0 Å². The third-order valence-corrected chi connectivity index (χ3v) is 4.62. The van der Waals surface area contributed by atoms with Crippen molar-refractivity contribution < 1.29 is 27.1 Å². The Bertz CT molecular complexity index is 918. The first kappa shape index (κ1) is 21.9. The van der Waals surface area contributed by atoms with Crippen LogP contribution in [0.5, 0.6) is 5.75 Å². The number of amides is 1. The van der Waals surface area contributed by atoms with Crippen LogP contribution in [0.15, 0.2) is 36.4 Å². The van der Waals surface area contributed by atoms with Crippen molar-refractivity contribution in [3.8, 4) is 5.75 Å². The molecule has 1 aliphatic heterocycles. The number of carbonyl (C=O) groups excluding carboxylic acids is 1. The summed E-state index contributed by atoms with van der Waals surface area (Å²) in [5, 5.41) is 2.40. The van der Waals surface area contributed by atoms with Gasteiger partial charge in [-0.25, -0.2) is 4.39 Å². The zero-order chi connectivity index (χ0) is 22.1. The van der Waals surface area contributed by atoms with E-state index in [0.717, 1.165) is 11.6 Å². The van der Waals surface area contributed by atoms with E-state index < -0.39 is 17.6 Å². The number of ether oxygens (including phenoxy) is 1. The van der Waals surface area contributed by atoms with Crippen LogP contribution in [0, 0.1) is 11.2 Å². The van der Waals surface area contributed by atoms with E-state index in [9.17, 15) is 22.4 Å². The van der Waals surface area contributed by atoms with Crippen molar-refractivity contribution in [2.45, 2.75) is 39.9 Å². The number of alkyl halides is 3. The van der Waals surface area contributed by atoms with E-state index in [4.69, 9.17) is 4.74 Å². The first-order chi connectivity index (χ1) is 13.9. The van der Waals surface area contributed by atoms with Gasteiger partial charge in [0.05, 0.1) is 23.5 Å². The molecule has 0 radical (unpaired) electrons. The van der Waals surface area contributed by atoms with Crippen LogP contribution in [0.4, 0.5) is 28.9 Å². The Morgan fingerprint density at radius 2 is 1.80 bits per heavy atom. The summed E-state index contributed by atoms with van der Waals surface area (Å²) in [6.45, 7) is 6.48. The Morgan fingerprint density at radius 1 is 1.13 bits per heavy atom. The van der Waals surface area contributed by atoms with Gasteiger partial charge >= 0.3 is 6.18 Å². The van der Waals surface area contributed by atoms with Gasteiger partial charge in [0.25, 0.3) is 0 Å². The number of hydrogen-bond donors (Lipinski definition) is 1. The monoisotopic (exact) mass is 424 g/mol. The van der Waals surface area contributed by atoms with E-state index in [1.165, 1.54) is 18.2 Å². The fourth-order valence-electron chi connectivity index (χ4n) is 3.31.